The Hall–Kier alpha value is -1.80. The van der Waals surface area contributed by atoms with Gasteiger partial charge in [-0.25, -0.2) is 4.98 Å². The first-order valence-corrected chi connectivity index (χ1v) is 8.42. The molecule has 3 rings (SSSR count). The molecule has 4 atom stereocenters. The van der Waals surface area contributed by atoms with Gasteiger partial charge >= 0.3 is 0 Å². The maximum Gasteiger partial charge on any atom is 0.138 e. The smallest absolute Gasteiger partial charge is 0.138 e. The van der Waals surface area contributed by atoms with E-state index in [2.05, 4.69) is 9.97 Å². The minimum absolute atomic E-state index is 0.300. The fourth-order valence-corrected chi connectivity index (χ4v) is 3.07. The second kappa shape index (κ2) is 8.05. The molecular weight excluding hydrogens is 348 g/mol. The van der Waals surface area contributed by atoms with Gasteiger partial charge in [-0.15, -0.1) is 0 Å². The average Bonchev–Trinajstić information content (AvgIpc) is 3.21. The van der Waals surface area contributed by atoms with Gasteiger partial charge in [-0.1, -0.05) is 11.6 Å². The van der Waals surface area contributed by atoms with E-state index in [0.29, 0.717) is 41.8 Å². The van der Waals surface area contributed by atoms with Crippen LogP contribution >= 0.6 is 11.6 Å². The summed E-state index contributed by atoms with van der Waals surface area (Å²) < 4.78 is 16.5. The Morgan fingerprint density at radius 3 is 2.76 bits per heavy atom. The molecular formula is C17H21ClN2O5. The van der Waals surface area contributed by atoms with Crippen LogP contribution in [0.3, 0.4) is 0 Å². The highest BCUT2D eigenvalue weighted by Gasteiger charge is 2.42. The van der Waals surface area contributed by atoms with Gasteiger partial charge in [0.1, 0.15) is 29.5 Å². The van der Waals surface area contributed by atoms with Crippen molar-refractivity contribution in [2.24, 2.45) is 0 Å². The number of hydrogen-bond donors (Lipinski definition) is 3. The highest BCUT2D eigenvalue weighted by atomic mass is 35.5. The number of aliphatic hydroxyl groups excluding tert-OH is 2. The van der Waals surface area contributed by atoms with Gasteiger partial charge in [-0.3, -0.25) is 0 Å². The fourth-order valence-electron chi connectivity index (χ4n) is 2.84. The molecule has 3 N–H and O–H groups in total. The van der Waals surface area contributed by atoms with Crippen molar-refractivity contribution < 1.29 is 24.4 Å². The summed E-state index contributed by atoms with van der Waals surface area (Å²) in [6, 6.07) is 5.15. The molecule has 1 aromatic carbocycles. The average molecular weight is 369 g/mol. The summed E-state index contributed by atoms with van der Waals surface area (Å²) in [5, 5.41) is 20.8. The van der Waals surface area contributed by atoms with Crippen molar-refractivity contribution in [2.45, 2.75) is 37.3 Å². The molecule has 0 saturated carbocycles. The zero-order valence-electron chi connectivity index (χ0n) is 13.8. The zero-order chi connectivity index (χ0) is 17.8. The second-order valence-corrected chi connectivity index (χ2v) is 6.27. The predicted octanol–water partition coefficient (Wildman–Crippen LogP) is 1.57. The number of H-pyrrole nitrogens is 1. The Balaban J connectivity index is 1.51. The molecule has 0 amide bonds. The number of halogens is 1. The number of ether oxygens (including phenoxy) is 3. The van der Waals surface area contributed by atoms with E-state index in [0.717, 1.165) is 0 Å². The Morgan fingerprint density at radius 1 is 1.28 bits per heavy atom. The topological polar surface area (TPSA) is 96.8 Å². The zero-order valence-corrected chi connectivity index (χ0v) is 14.5. The summed E-state index contributed by atoms with van der Waals surface area (Å²) in [4.78, 5) is 7.07. The monoisotopic (exact) mass is 368 g/mol. The van der Waals surface area contributed by atoms with Crippen LogP contribution in [-0.2, 0) is 11.2 Å². The SMILES string of the molecule is COc1ccc(OCC[C@H]2O[C@H](Cc3ncc[nH]3)[C@@H](O)[C@H]2O)c(Cl)c1. The van der Waals surface area contributed by atoms with E-state index < -0.39 is 24.4 Å². The highest BCUT2D eigenvalue weighted by Crippen LogP contribution is 2.30. The Kier molecular flexibility index (Phi) is 5.80. The van der Waals surface area contributed by atoms with Crippen LogP contribution in [0.5, 0.6) is 11.5 Å². The van der Waals surface area contributed by atoms with Gasteiger partial charge in [0.05, 0.1) is 30.9 Å². The van der Waals surface area contributed by atoms with Crippen LogP contribution < -0.4 is 9.47 Å². The van der Waals surface area contributed by atoms with E-state index in [1.807, 2.05) is 0 Å². The fraction of sp³-hybridized carbons (Fsp3) is 0.471. The van der Waals surface area contributed by atoms with Crippen molar-refractivity contribution in [3.05, 3.63) is 41.4 Å². The number of aromatic amines is 1. The molecule has 0 aliphatic carbocycles. The van der Waals surface area contributed by atoms with Crippen LogP contribution in [0.4, 0.5) is 0 Å². The van der Waals surface area contributed by atoms with Crippen molar-refractivity contribution >= 4 is 11.6 Å². The maximum atomic E-state index is 10.2. The van der Waals surface area contributed by atoms with E-state index in [4.69, 9.17) is 25.8 Å². The number of rotatable bonds is 7. The molecule has 136 valence electrons. The summed E-state index contributed by atoms with van der Waals surface area (Å²) >= 11 is 6.12. The van der Waals surface area contributed by atoms with Crippen molar-refractivity contribution in [1.29, 1.82) is 0 Å². The Morgan fingerprint density at radius 2 is 2.08 bits per heavy atom. The molecule has 1 fully saturated rings. The molecule has 1 saturated heterocycles. The summed E-state index contributed by atoms with van der Waals surface area (Å²) in [6.45, 7) is 0.300. The van der Waals surface area contributed by atoms with Gasteiger partial charge in [0.15, 0.2) is 0 Å². The lowest BCUT2D eigenvalue weighted by molar-refractivity contribution is -0.00232. The van der Waals surface area contributed by atoms with Gasteiger partial charge in [0.2, 0.25) is 0 Å². The van der Waals surface area contributed by atoms with Crippen LogP contribution in [0, 0.1) is 0 Å². The first kappa shape index (κ1) is 18.0. The molecule has 0 radical (unpaired) electrons. The maximum absolute atomic E-state index is 10.2. The third-order valence-electron chi connectivity index (χ3n) is 4.21. The highest BCUT2D eigenvalue weighted by molar-refractivity contribution is 6.32. The molecule has 1 aliphatic heterocycles. The number of hydrogen-bond acceptors (Lipinski definition) is 6. The predicted molar refractivity (Wildman–Crippen MR) is 91.1 cm³/mol. The Labute approximate surface area is 150 Å². The van der Waals surface area contributed by atoms with Crippen molar-refractivity contribution in [1.82, 2.24) is 9.97 Å². The van der Waals surface area contributed by atoms with Gasteiger partial charge in [0, 0.05) is 31.3 Å². The molecule has 25 heavy (non-hydrogen) atoms. The molecule has 0 spiro atoms. The van der Waals surface area contributed by atoms with Crippen molar-refractivity contribution in [3.8, 4) is 11.5 Å². The first-order valence-electron chi connectivity index (χ1n) is 8.04. The van der Waals surface area contributed by atoms with E-state index in [9.17, 15) is 10.2 Å². The van der Waals surface area contributed by atoms with Gasteiger partial charge in [-0.05, 0) is 12.1 Å². The summed E-state index contributed by atoms with van der Waals surface area (Å²) in [5.41, 5.74) is 0. The van der Waals surface area contributed by atoms with Gasteiger partial charge < -0.3 is 29.4 Å². The summed E-state index contributed by atoms with van der Waals surface area (Å²) in [5.74, 6) is 1.89. The molecule has 7 nitrogen and oxygen atoms in total. The lowest BCUT2D eigenvalue weighted by Gasteiger charge is -2.15. The van der Waals surface area contributed by atoms with Crippen LogP contribution in [0.2, 0.25) is 5.02 Å². The number of imidazole rings is 1. The van der Waals surface area contributed by atoms with E-state index in [1.165, 1.54) is 0 Å². The number of nitrogens with zero attached hydrogens (tertiary/aromatic N) is 1. The number of nitrogens with one attached hydrogen (secondary N) is 1. The summed E-state index contributed by atoms with van der Waals surface area (Å²) in [7, 11) is 1.56. The van der Waals surface area contributed by atoms with Crippen molar-refractivity contribution in [3.63, 3.8) is 0 Å². The third kappa shape index (κ3) is 4.24. The third-order valence-corrected chi connectivity index (χ3v) is 4.51. The molecule has 1 aliphatic rings. The van der Waals surface area contributed by atoms with Gasteiger partial charge in [-0.2, -0.15) is 0 Å². The largest absolute Gasteiger partial charge is 0.497 e. The van der Waals surface area contributed by atoms with E-state index >= 15 is 0 Å². The quantitative estimate of drug-likeness (QED) is 0.686. The van der Waals surface area contributed by atoms with Gasteiger partial charge in [0.25, 0.3) is 0 Å². The Bertz CT molecular complexity index is 682. The lowest BCUT2D eigenvalue weighted by Crippen LogP contribution is -2.33. The van der Waals surface area contributed by atoms with E-state index in [-0.39, 0.29) is 0 Å². The lowest BCUT2D eigenvalue weighted by atomic mass is 10.0. The number of aromatic nitrogens is 2. The minimum Gasteiger partial charge on any atom is -0.497 e. The molecule has 2 heterocycles. The number of methoxy groups -OCH3 is 1. The normalized spacial score (nSPS) is 25.9. The van der Waals surface area contributed by atoms with Crippen LogP contribution in [-0.4, -0.2) is 58.3 Å². The van der Waals surface area contributed by atoms with Crippen LogP contribution in [0.1, 0.15) is 12.2 Å². The first-order chi connectivity index (χ1) is 12.1. The van der Waals surface area contributed by atoms with Crippen LogP contribution in [0.15, 0.2) is 30.6 Å². The molecule has 1 aromatic heterocycles. The summed E-state index contributed by atoms with van der Waals surface area (Å²) in [6.07, 6.45) is 1.24. The number of benzene rings is 1. The molecule has 0 unspecified atom stereocenters. The molecule has 8 heteroatoms. The molecule has 0 bridgehead atoms. The minimum atomic E-state index is -0.963. The molecule has 2 aromatic rings. The standard InChI is InChI=1S/C17H21ClN2O5/c1-23-10-2-3-12(11(18)8-10)24-7-4-13-16(21)17(22)14(25-13)9-15-19-5-6-20-15/h2-3,5-6,8,13-14,16-17,21-22H,4,7,9H2,1H3,(H,19,20)/t13-,14-,16+,17-/m1/s1. The van der Waals surface area contributed by atoms with Crippen LogP contribution in [0.25, 0.3) is 0 Å². The number of aliphatic hydroxyl groups is 2. The second-order valence-electron chi connectivity index (χ2n) is 5.87. The van der Waals surface area contributed by atoms with E-state index in [1.54, 1.807) is 37.7 Å². The van der Waals surface area contributed by atoms with Crippen molar-refractivity contribution in [2.75, 3.05) is 13.7 Å².